The van der Waals surface area contributed by atoms with Gasteiger partial charge in [0.2, 0.25) is 5.89 Å². The number of thioether (sulfide) groups is 1. The van der Waals surface area contributed by atoms with Crippen molar-refractivity contribution in [1.29, 1.82) is 0 Å². The van der Waals surface area contributed by atoms with Crippen molar-refractivity contribution >= 4 is 23.1 Å². The molecule has 0 amide bonds. The molecule has 2 atom stereocenters. The Balaban J connectivity index is 2.15. The second-order valence-corrected chi connectivity index (χ2v) is 5.41. The first-order valence-corrected chi connectivity index (χ1v) is 6.73. The summed E-state index contributed by atoms with van der Waals surface area (Å²) in [6.07, 6.45) is 0. The van der Waals surface area contributed by atoms with Gasteiger partial charge in [0.25, 0.3) is 5.22 Å². The van der Waals surface area contributed by atoms with E-state index in [0.717, 1.165) is 0 Å². The Hall–Kier alpha value is -0.850. The first-order valence-electron chi connectivity index (χ1n) is 4.91. The average Bonchev–Trinajstić information content (AvgIpc) is 2.84. The Morgan fingerprint density at radius 3 is 2.81 bits per heavy atom. The molecule has 0 saturated heterocycles. The van der Waals surface area contributed by atoms with E-state index in [1.165, 1.54) is 17.3 Å². The molecule has 0 radical (unpaired) electrons. The zero-order chi connectivity index (χ0) is 11.5. The summed E-state index contributed by atoms with van der Waals surface area (Å²) in [6, 6.07) is 2.11. The average molecular weight is 255 g/mol. The lowest BCUT2D eigenvalue weighted by Gasteiger charge is -2.16. The molecule has 86 valence electrons. The van der Waals surface area contributed by atoms with Crippen molar-refractivity contribution in [3.63, 3.8) is 0 Å². The van der Waals surface area contributed by atoms with Crippen LogP contribution in [0.2, 0.25) is 0 Å². The van der Waals surface area contributed by atoms with Crippen LogP contribution in [0.25, 0.3) is 0 Å². The van der Waals surface area contributed by atoms with Crippen LogP contribution in [0.1, 0.15) is 23.6 Å². The zero-order valence-corrected chi connectivity index (χ0v) is 10.7. The van der Waals surface area contributed by atoms with Crippen LogP contribution < -0.4 is 5.73 Å². The summed E-state index contributed by atoms with van der Waals surface area (Å²) < 4.78 is 5.35. The van der Waals surface area contributed by atoms with E-state index in [0.29, 0.717) is 11.1 Å². The first-order chi connectivity index (χ1) is 7.66. The summed E-state index contributed by atoms with van der Waals surface area (Å²) in [7, 11) is 0. The van der Waals surface area contributed by atoms with E-state index >= 15 is 0 Å². The van der Waals surface area contributed by atoms with Crippen LogP contribution >= 0.6 is 23.1 Å². The third-order valence-electron chi connectivity index (χ3n) is 2.08. The minimum Gasteiger partial charge on any atom is -0.416 e. The number of nitrogens with two attached hydrogens (primary N) is 1. The van der Waals surface area contributed by atoms with Crippen molar-refractivity contribution in [3.8, 4) is 0 Å². The summed E-state index contributed by atoms with van der Waals surface area (Å²) in [6.45, 7) is 3.76. The lowest BCUT2D eigenvalue weighted by Crippen LogP contribution is -2.22. The Labute approximate surface area is 102 Å². The Bertz CT molecular complexity index is 439. The van der Waals surface area contributed by atoms with Gasteiger partial charge in [0.1, 0.15) is 0 Å². The number of aromatic nitrogens is 2. The molecule has 6 heteroatoms. The van der Waals surface area contributed by atoms with E-state index in [2.05, 4.69) is 21.6 Å². The molecule has 0 aromatic carbocycles. The highest BCUT2D eigenvalue weighted by Crippen LogP contribution is 2.37. The van der Waals surface area contributed by atoms with Crippen molar-refractivity contribution in [2.24, 2.45) is 5.73 Å². The maximum atomic E-state index is 5.98. The van der Waals surface area contributed by atoms with Crippen molar-refractivity contribution in [2.45, 2.75) is 30.4 Å². The molecule has 2 rings (SSSR count). The van der Waals surface area contributed by atoms with Gasteiger partial charge in [-0.05, 0) is 29.3 Å². The second kappa shape index (κ2) is 4.99. The molecular formula is C10H13N3OS2. The highest BCUT2D eigenvalue weighted by Gasteiger charge is 2.20. The van der Waals surface area contributed by atoms with Crippen molar-refractivity contribution in [1.82, 2.24) is 10.2 Å². The van der Waals surface area contributed by atoms with Gasteiger partial charge in [-0.25, -0.2) is 0 Å². The fourth-order valence-electron chi connectivity index (χ4n) is 1.35. The number of hydrogen-bond acceptors (Lipinski definition) is 6. The molecule has 4 nitrogen and oxygen atoms in total. The predicted molar refractivity (Wildman–Crippen MR) is 65.6 cm³/mol. The molecule has 0 saturated carbocycles. The van der Waals surface area contributed by atoms with E-state index in [1.54, 1.807) is 18.3 Å². The van der Waals surface area contributed by atoms with E-state index in [9.17, 15) is 0 Å². The number of thiophene rings is 1. The van der Waals surface area contributed by atoms with Crippen molar-refractivity contribution in [2.75, 3.05) is 0 Å². The third kappa shape index (κ3) is 2.63. The summed E-state index contributed by atoms with van der Waals surface area (Å²) in [5, 5.41) is 12.7. The maximum Gasteiger partial charge on any atom is 0.277 e. The van der Waals surface area contributed by atoms with Crippen LogP contribution in [0.15, 0.2) is 26.5 Å². The SMILES string of the molecule is Cc1nnc(SC(c2ccsc2)C(C)N)o1. The van der Waals surface area contributed by atoms with Crippen LogP contribution in [-0.4, -0.2) is 16.2 Å². The minimum atomic E-state index is 0.0341. The van der Waals surface area contributed by atoms with E-state index in [1.807, 2.05) is 12.3 Å². The molecule has 2 aromatic heterocycles. The molecule has 0 aliphatic heterocycles. The number of rotatable bonds is 4. The number of hydrogen-bond donors (Lipinski definition) is 1. The quantitative estimate of drug-likeness (QED) is 0.851. The highest BCUT2D eigenvalue weighted by atomic mass is 32.2. The minimum absolute atomic E-state index is 0.0341. The van der Waals surface area contributed by atoms with E-state index < -0.39 is 0 Å². The summed E-state index contributed by atoms with van der Waals surface area (Å²) in [5.74, 6) is 0.580. The third-order valence-corrected chi connectivity index (χ3v) is 4.11. The van der Waals surface area contributed by atoms with Gasteiger partial charge in [-0.3, -0.25) is 0 Å². The van der Waals surface area contributed by atoms with Crippen LogP contribution in [0.3, 0.4) is 0 Å². The monoisotopic (exact) mass is 255 g/mol. The van der Waals surface area contributed by atoms with Crippen LogP contribution in [0.4, 0.5) is 0 Å². The lowest BCUT2D eigenvalue weighted by atomic mass is 10.1. The fourth-order valence-corrected chi connectivity index (χ4v) is 3.10. The molecule has 0 spiro atoms. The molecule has 16 heavy (non-hydrogen) atoms. The van der Waals surface area contributed by atoms with Gasteiger partial charge in [0.15, 0.2) is 0 Å². The standard InChI is InChI=1S/C10H13N3OS2/c1-6(11)9(8-3-4-15-5-8)16-10-13-12-7(2)14-10/h3-6,9H,11H2,1-2H3. The van der Waals surface area contributed by atoms with Crippen LogP contribution in [-0.2, 0) is 0 Å². The molecule has 0 aliphatic carbocycles. The van der Waals surface area contributed by atoms with Crippen molar-refractivity contribution in [3.05, 3.63) is 28.3 Å². The van der Waals surface area contributed by atoms with E-state index in [4.69, 9.17) is 10.2 Å². The molecule has 2 aromatic rings. The molecule has 0 bridgehead atoms. The Morgan fingerprint density at radius 2 is 2.31 bits per heavy atom. The molecular weight excluding hydrogens is 242 g/mol. The van der Waals surface area contributed by atoms with E-state index in [-0.39, 0.29) is 11.3 Å². The van der Waals surface area contributed by atoms with Gasteiger partial charge >= 0.3 is 0 Å². The maximum absolute atomic E-state index is 5.98. The van der Waals surface area contributed by atoms with Gasteiger partial charge < -0.3 is 10.2 Å². The highest BCUT2D eigenvalue weighted by molar-refractivity contribution is 7.99. The normalized spacial score (nSPS) is 14.9. The fraction of sp³-hybridized carbons (Fsp3) is 0.400. The van der Waals surface area contributed by atoms with Gasteiger partial charge in [-0.1, -0.05) is 11.8 Å². The summed E-state index contributed by atoms with van der Waals surface area (Å²) in [4.78, 5) is 0. The lowest BCUT2D eigenvalue weighted by molar-refractivity contribution is 0.427. The number of aryl methyl sites for hydroxylation is 1. The van der Waals surface area contributed by atoms with Crippen LogP contribution in [0, 0.1) is 6.92 Å². The summed E-state index contributed by atoms with van der Waals surface area (Å²) >= 11 is 3.18. The molecule has 2 unspecified atom stereocenters. The Kier molecular flexibility index (Phi) is 3.63. The molecule has 2 heterocycles. The van der Waals surface area contributed by atoms with Crippen LogP contribution in [0.5, 0.6) is 0 Å². The largest absolute Gasteiger partial charge is 0.416 e. The van der Waals surface area contributed by atoms with Gasteiger partial charge in [-0.15, -0.1) is 10.2 Å². The second-order valence-electron chi connectivity index (χ2n) is 3.54. The molecule has 0 aliphatic rings. The number of nitrogens with zero attached hydrogens (tertiary/aromatic N) is 2. The van der Waals surface area contributed by atoms with Gasteiger partial charge in [0.05, 0.1) is 5.25 Å². The molecule has 0 fully saturated rings. The Morgan fingerprint density at radius 1 is 1.50 bits per heavy atom. The smallest absolute Gasteiger partial charge is 0.277 e. The topological polar surface area (TPSA) is 64.9 Å². The predicted octanol–water partition coefficient (Wildman–Crippen LogP) is 2.62. The summed E-state index contributed by atoms with van der Waals surface area (Å²) in [5.41, 5.74) is 7.19. The first kappa shape index (κ1) is 11.6. The van der Waals surface area contributed by atoms with Gasteiger partial charge in [-0.2, -0.15) is 11.3 Å². The van der Waals surface area contributed by atoms with Crippen molar-refractivity contribution < 1.29 is 4.42 Å². The zero-order valence-electron chi connectivity index (χ0n) is 9.08. The van der Waals surface area contributed by atoms with Gasteiger partial charge in [0, 0.05) is 13.0 Å². The molecule has 2 N–H and O–H groups in total.